The molecule has 0 radical (unpaired) electrons. The Balaban J connectivity index is 2.02. The second-order valence-electron chi connectivity index (χ2n) is 5.24. The van der Waals surface area contributed by atoms with E-state index in [9.17, 15) is 9.18 Å². The minimum absolute atomic E-state index is 0.0956. The van der Waals surface area contributed by atoms with Gasteiger partial charge in [0.1, 0.15) is 5.82 Å². The Labute approximate surface area is 127 Å². The number of carbonyl (C=O) groups excluding carboxylic acids is 1. The SMILES string of the molecule is CC(=O)Nc1ccc(-c2ccc3cc(F)ccc3n2)cc1C. The monoisotopic (exact) mass is 294 g/mol. The molecule has 0 aliphatic heterocycles. The molecular formula is C18H15FN2O. The van der Waals surface area contributed by atoms with E-state index in [1.54, 1.807) is 6.07 Å². The zero-order valence-corrected chi connectivity index (χ0v) is 12.4. The van der Waals surface area contributed by atoms with Crippen LogP contribution in [0.3, 0.4) is 0 Å². The molecule has 4 heteroatoms. The number of nitrogens with one attached hydrogen (secondary N) is 1. The standard InChI is InChI=1S/C18H15FN2O/c1-11-9-13(3-6-16(11)20-12(2)22)17-7-4-14-10-15(19)5-8-18(14)21-17/h3-10H,1-2H3,(H,20,22). The quantitative estimate of drug-likeness (QED) is 0.765. The molecule has 0 aliphatic carbocycles. The maximum Gasteiger partial charge on any atom is 0.221 e. The zero-order chi connectivity index (χ0) is 15.7. The average molecular weight is 294 g/mol. The first kappa shape index (κ1) is 14.2. The Hall–Kier alpha value is -2.75. The number of rotatable bonds is 2. The van der Waals surface area contributed by atoms with Crippen molar-refractivity contribution in [2.24, 2.45) is 0 Å². The first-order chi connectivity index (χ1) is 10.5. The van der Waals surface area contributed by atoms with Gasteiger partial charge >= 0.3 is 0 Å². The number of aromatic nitrogens is 1. The number of fused-ring (bicyclic) bond motifs is 1. The molecule has 0 unspecified atom stereocenters. The summed E-state index contributed by atoms with van der Waals surface area (Å²) >= 11 is 0. The van der Waals surface area contributed by atoms with Crippen LogP contribution in [0.4, 0.5) is 10.1 Å². The molecule has 0 aliphatic rings. The highest BCUT2D eigenvalue weighted by Crippen LogP contribution is 2.25. The van der Waals surface area contributed by atoms with Crippen LogP contribution in [-0.2, 0) is 4.79 Å². The number of nitrogens with zero attached hydrogens (tertiary/aromatic N) is 1. The highest BCUT2D eigenvalue weighted by Gasteiger charge is 2.06. The smallest absolute Gasteiger partial charge is 0.221 e. The van der Waals surface area contributed by atoms with Gasteiger partial charge in [-0.3, -0.25) is 4.79 Å². The Morgan fingerprint density at radius 1 is 1.09 bits per heavy atom. The molecule has 0 atom stereocenters. The summed E-state index contributed by atoms with van der Waals surface area (Å²) in [6.07, 6.45) is 0. The van der Waals surface area contributed by atoms with Crippen LogP contribution >= 0.6 is 0 Å². The predicted octanol–water partition coefficient (Wildman–Crippen LogP) is 4.31. The normalized spacial score (nSPS) is 10.7. The minimum atomic E-state index is -0.266. The number of anilines is 1. The number of pyridine rings is 1. The molecule has 0 spiro atoms. The largest absolute Gasteiger partial charge is 0.326 e. The highest BCUT2D eigenvalue weighted by atomic mass is 19.1. The first-order valence-corrected chi connectivity index (χ1v) is 6.98. The van der Waals surface area contributed by atoms with Gasteiger partial charge in [0.2, 0.25) is 5.91 Å². The van der Waals surface area contributed by atoms with E-state index >= 15 is 0 Å². The van der Waals surface area contributed by atoms with Gasteiger partial charge in [0.15, 0.2) is 0 Å². The lowest BCUT2D eigenvalue weighted by Gasteiger charge is -2.09. The maximum atomic E-state index is 13.2. The summed E-state index contributed by atoms with van der Waals surface area (Å²) in [5.74, 6) is -0.362. The molecule has 2 aromatic carbocycles. The second kappa shape index (κ2) is 5.56. The molecular weight excluding hydrogens is 279 g/mol. The summed E-state index contributed by atoms with van der Waals surface area (Å²) in [7, 11) is 0. The van der Waals surface area contributed by atoms with Crippen LogP contribution in [-0.4, -0.2) is 10.9 Å². The molecule has 22 heavy (non-hydrogen) atoms. The fourth-order valence-electron chi connectivity index (χ4n) is 2.41. The molecule has 0 saturated heterocycles. The summed E-state index contributed by atoms with van der Waals surface area (Å²) in [4.78, 5) is 15.7. The Morgan fingerprint density at radius 3 is 2.64 bits per heavy atom. The zero-order valence-electron chi connectivity index (χ0n) is 12.4. The van der Waals surface area contributed by atoms with Crippen LogP contribution in [0, 0.1) is 12.7 Å². The molecule has 1 heterocycles. The lowest BCUT2D eigenvalue weighted by atomic mass is 10.1. The summed E-state index contributed by atoms with van der Waals surface area (Å²) in [5, 5.41) is 3.56. The Kier molecular flexibility index (Phi) is 3.59. The second-order valence-corrected chi connectivity index (χ2v) is 5.24. The van der Waals surface area contributed by atoms with E-state index < -0.39 is 0 Å². The van der Waals surface area contributed by atoms with Crippen LogP contribution in [0.5, 0.6) is 0 Å². The number of carbonyl (C=O) groups is 1. The molecule has 1 amide bonds. The topological polar surface area (TPSA) is 42.0 Å². The predicted molar refractivity (Wildman–Crippen MR) is 86.2 cm³/mol. The summed E-state index contributed by atoms with van der Waals surface area (Å²) in [6, 6.07) is 14.0. The fourth-order valence-corrected chi connectivity index (χ4v) is 2.41. The first-order valence-electron chi connectivity index (χ1n) is 6.98. The third-order valence-electron chi connectivity index (χ3n) is 3.48. The number of amides is 1. The summed E-state index contributed by atoms with van der Waals surface area (Å²) in [6.45, 7) is 3.42. The minimum Gasteiger partial charge on any atom is -0.326 e. The van der Waals surface area contributed by atoms with Crippen molar-refractivity contribution in [2.45, 2.75) is 13.8 Å². The molecule has 3 nitrogen and oxygen atoms in total. The number of aryl methyl sites for hydroxylation is 1. The van der Waals surface area contributed by atoms with E-state index in [-0.39, 0.29) is 11.7 Å². The van der Waals surface area contributed by atoms with E-state index in [0.717, 1.165) is 33.4 Å². The number of hydrogen-bond donors (Lipinski definition) is 1. The third-order valence-corrected chi connectivity index (χ3v) is 3.48. The van der Waals surface area contributed by atoms with Crippen molar-refractivity contribution in [1.82, 2.24) is 4.98 Å². The molecule has 110 valence electrons. The van der Waals surface area contributed by atoms with Crippen molar-refractivity contribution in [3.8, 4) is 11.3 Å². The van der Waals surface area contributed by atoms with Crippen LogP contribution in [0.25, 0.3) is 22.2 Å². The summed E-state index contributed by atoms with van der Waals surface area (Å²) in [5.41, 5.74) is 4.28. The van der Waals surface area contributed by atoms with Crippen molar-refractivity contribution < 1.29 is 9.18 Å². The average Bonchev–Trinajstić information content (AvgIpc) is 2.48. The van der Waals surface area contributed by atoms with E-state index in [1.165, 1.54) is 19.1 Å². The van der Waals surface area contributed by atoms with Crippen molar-refractivity contribution in [3.05, 3.63) is 59.9 Å². The molecule has 1 aromatic heterocycles. The Bertz CT molecular complexity index is 874. The highest BCUT2D eigenvalue weighted by molar-refractivity contribution is 5.90. The summed E-state index contributed by atoms with van der Waals surface area (Å²) < 4.78 is 13.2. The van der Waals surface area contributed by atoms with Gasteiger partial charge in [-0.25, -0.2) is 9.37 Å². The fraction of sp³-hybridized carbons (Fsp3) is 0.111. The molecule has 3 rings (SSSR count). The van der Waals surface area contributed by atoms with Crippen LogP contribution < -0.4 is 5.32 Å². The van der Waals surface area contributed by atoms with Gasteiger partial charge in [-0.05, 0) is 48.9 Å². The Morgan fingerprint density at radius 2 is 1.91 bits per heavy atom. The number of hydrogen-bond acceptors (Lipinski definition) is 2. The van der Waals surface area contributed by atoms with Crippen molar-refractivity contribution >= 4 is 22.5 Å². The molecule has 1 N–H and O–H groups in total. The van der Waals surface area contributed by atoms with Gasteiger partial charge in [-0.1, -0.05) is 12.1 Å². The van der Waals surface area contributed by atoms with E-state index in [0.29, 0.717) is 0 Å². The van der Waals surface area contributed by atoms with Crippen LogP contribution in [0.2, 0.25) is 0 Å². The van der Waals surface area contributed by atoms with Crippen molar-refractivity contribution in [2.75, 3.05) is 5.32 Å². The molecule has 3 aromatic rings. The van der Waals surface area contributed by atoms with Gasteiger partial charge in [0.25, 0.3) is 0 Å². The lowest BCUT2D eigenvalue weighted by molar-refractivity contribution is -0.114. The van der Waals surface area contributed by atoms with Gasteiger partial charge in [-0.15, -0.1) is 0 Å². The molecule has 0 bridgehead atoms. The van der Waals surface area contributed by atoms with E-state index in [1.807, 2.05) is 37.3 Å². The lowest BCUT2D eigenvalue weighted by Crippen LogP contribution is -2.07. The molecule has 0 fully saturated rings. The van der Waals surface area contributed by atoms with Gasteiger partial charge in [-0.2, -0.15) is 0 Å². The number of halogens is 1. The van der Waals surface area contributed by atoms with Gasteiger partial charge in [0.05, 0.1) is 11.2 Å². The van der Waals surface area contributed by atoms with E-state index in [4.69, 9.17) is 0 Å². The number of benzene rings is 2. The van der Waals surface area contributed by atoms with Gasteiger partial charge < -0.3 is 5.32 Å². The van der Waals surface area contributed by atoms with E-state index in [2.05, 4.69) is 10.3 Å². The van der Waals surface area contributed by atoms with Crippen LogP contribution in [0.15, 0.2) is 48.5 Å². The van der Waals surface area contributed by atoms with Gasteiger partial charge in [0, 0.05) is 23.6 Å². The van der Waals surface area contributed by atoms with Crippen LogP contribution in [0.1, 0.15) is 12.5 Å². The van der Waals surface area contributed by atoms with Crippen molar-refractivity contribution in [1.29, 1.82) is 0 Å². The van der Waals surface area contributed by atoms with Crippen molar-refractivity contribution in [3.63, 3.8) is 0 Å². The maximum absolute atomic E-state index is 13.2. The molecule has 0 saturated carbocycles. The third kappa shape index (κ3) is 2.81.